The first-order valence-corrected chi connectivity index (χ1v) is 6.59. The van der Waals surface area contributed by atoms with Gasteiger partial charge in [-0.3, -0.25) is 0 Å². The van der Waals surface area contributed by atoms with Crippen LogP contribution in [0.25, 0.3) is 0 Å². The maximum absolute atomic E-state index is 11.7. The average Bonchev–Trinajstić information content (AvgIpc) is 2.29. The molecule has 0 radical (unpaired) electrons. The fraction of sp³-hybridized carbons (Fsp3) is 0.417. The lowest BCUT2D eigenvalue weighted by Crippen LogP contribution is -2.38. The molecule has 0 fully saturated rings. The standard InChI is InChI=1S/C12H18N2O2S/c1-9(8-16-2)13-12(15)14-10-6-4-5-7-11(10)17-3/h4-7,9H,8H2,1-3H3,(H2,13,14,15). The van der Waals surface area contributed by atoms with Crippen molar-refractivity contribution in [1.29, 1.82) is 0 Å². The molecule has 17 heavy (non-hydrogen) atoms. The Kier molecular flexibility index (Phi) is 5.86. The van der Waals surface area contributed by atoms with Gasteiger partial charge in [-0.15, -0.1) is 11.8 Å². The number of nitrogens with one attached hydrogen (secondary N) is 2. The molecule has 0 saturated heterocycles. The number of ether oxygens (including phenoxy) is 1. The van der Waals surface area contributed by atoms with E-state index in [1.54, 1.807) is 18.9 Å². The van der Waals surface area contributed by atoms with E-state index in [1.807, 2.05) is 37.4 Å². The zero-order valence-electron chi connectivity index (χ0n) is 10.3. The Hall–Kier alpha value is -1.20. The fourth-order valence-electron chi connectivity index (χ4n) is 1.42. The van der Waals surface area contributed by atoms with Crippen molar-refractivity contribution in [3.63, 3.8) is 0 Å². The molecule has 2 N–H and O–H groups in total. The number of carbonyl (C=O) groups is 1. The average molecular weight is 254 g/mol. The molecular weight excluding hydrogens is 236 g/mol. The first-order valence-electron chi connectivity index (χ1n) is 5.37. The van der Waals surface area contributed by atoms with E-state index in [-0.39, 0.29) is 12.1 Å². The minimum absolute atomic E-state index is 0.0126. The normalized spacial score (nSPS) is 11.9. The Morgan fingerprint density at radius 1 is 1.47 bits per heavy atom. The van der Waals surface area contributed by atoms with Crippen molar-refractivity contribution in [1.82, 2.24) is 5.32 Å². The van der Waals surface area contributed by atoms with Gasteiger partial charge >= 0.3 is 6.03 Å². The third kappa shape index (κ3) is 4.66. The number of anilines is 1. The summed E-state index contributed by atoms with van der Waals surface area (Å²) in [5, 5.41) is 5.62. The van der Waals surface area contributed by atoms with Crippen LogP contribution in [0.5, 0.6) is 0 Å². The molecule has 0 bridgehead atoms. The molecule has 2 amide bonds. The molecule has 5 heteroatoms. The molecule has 1 aromatic rings. The number of carbonyl (C=O) groups excluding carboxylic acids is 1. The lowest BCUT2D eigenvalue weighted by atomic mass is 10.3. The third-order valence-corrected chi connectivity index (χ3v) is 2.95. The molecule has 0 saturated carbocycles. The highest BCUT2D eigenvalue weighted by Gasteiger charge is 2.08. The first-order chi connectivity index (χ1) is 8.17. The number of hydrogen-bond acceptors (Lipinski definition) is 3. The maximum Gasteiger partial charge on any atom is 0.319 e. The van der Waals surface area contributed by atoms with Crippen LogP contribution in [0.2, 0.25) is 0 Å². The SMILES string of the molecule is COCC(C)NC(=O)Nc1ccccc1SC. The Labute approximate surface area is 106 Å². The minimum Gasteiger partial charge on any atom is -0.383 e. The molecule has 0 aliphatic carbocycles. The lowest BCUT2D eigenvalue weighted by molar-refractivity contribution is 0.173. The van der Waals surface area contributed by atoms with E-state index in [0.29, 0.717) is 6.61 Å². The number of rotatable bonds is 5. The summed E-state index contributed by atoms with van der Waals surface area (Å²) in [5.74, 6) is 0. The molecule has 4 nitrogen and oxygen atoms in total. The van der Waals surface area contributed by atoms with E-state index < -0.39 is 0 Å². The van der Waals surface area contributed by atoms with Gasteiger partial charge in [0.05, 0.1) is 18.3 Å². The van der Waals surface area contributed by atoms with Gasteiger partial charge in [-0.25, -0.2) is 4.79 Å². The predicted octanol–water partition coefficient (Wildman–Crippen LogP) is 2.56. The Bertz CT molecular complexity index is 371. The van der Waals surface area contributed by atoms with Crippen LogP contribution in [-0.2, 0) is 4.74 Å². The quantitative estimate of drug-likeness (QED) is 0.794. The monoisotopic (exact) mass is 254 g/mol. The molecule has 0 heterocycles. The zero-order chi connectivity index (χ0) is 12.7. The Morgan fingerprint density at radius 2 is 2.18 bits per heavy atom. The number of amides is 2. The van der Waals surface area contributed by atoms with E-state index in [2.05, 4.69) is 10.6 Å². The van der Waals surface area contributed by atoms with Gasteiger partial charge in [0.25, 0.3) is 0 Å². The summed E-state index contributed by atoms with van der Waals surface area (Å²) in [6.07, 6.45) is 1.98. The summed E-state index contributed by atoms with van der Waals surface area (Å²) in [6, 6.07) is 7.47. The summed E-state index contributed by atoms with van der Waals surface area (Å²) < 4.78 is 4.95. The molecule has 0 aliphatic rings. The van der Waals surface area contributed by atoms with Crippen LogP contribution in [-0.4, -0.2) is 32.0 Å². The van der Waals surface area contributed by atoms with Gasteiger partial charge in [0.2, 0.25) is 0 Å². The highest BCUT2D eigenvalue weighted by molar-refractivity contribution is 7.98. The molecule has 1 atom stereocenters. The van der Waals surface area contributed by atoms with Crippen molar-refractivity contribution in [2.24, 2.45) is 0 Å². The fourth-order valence-corrected chi connectivity index (χ4v) is 1.98. The van der Waals surface area contributed by atoms with Crippen molar-refractivity contribution in [2.45, 2.75) is 17.9 Å². The molecular formula is C12H18N2O2S. The maximum atomic E-state index is 11.7. The van der Waals surface area contributed by atoms with E-state index in [1.165, 1.54) is 0 Å². The van der Waals surface area contributed by atoms with Gasteiger partial charge in [0.15, 0.2) is 0 Å². The number of urea groups is 1. The lowest BCUT2D eigenvalue weighted by Gasteiger charge is -2.14. The number of thioether (sulfide) groups is 1. The molecule has 0 spiro atoms. The van der Waals surface area contributed by atoms with Crippen LogP contribution >= 0.6 is 11.8 Å². The van der Waals surface area contributed by atoms with E-state index in [4.69, 9.17) is 4.74 Å². The molecule has 1 unspecified atom stereocenters. The van der Waals surface area contributed by atoms with Crippen LogP contribution < -0.4 is 10.6 Å². The smallest absolute Gasteiger partial charge is 0.319 e. The van der Waals surface area contributed by atoms with Gasteiger partial charge in [-0.2, -0.15) is 0 Å². The van der Waals surface area contributed by atoms with E-state index >= 15 is 0 Å². The third-order valence-electron chi connectivity index (χ3n) is 2.15. The Morgan fingerprint density at radius 3 is 2.82 bits per heavy atom. The van der Waals surface area contributed by atoms with Crippen LogP contribution in [0.15, 0.2) is 29.2 Å². The van der Waals surface area contributed by atoms with Crippen LogP contribution in [0.4, 0.5) is 10.5 Å². The zero-order valence-corrected chi connectivity index (χ0v) is 11.1. The summed E-state index contributed by atoms with van der Waals surface area (Å²) >= 11 is 1.60. The Balaban J connectivity index is 2.55. The largest absolute Gasteiger partial charge is 0.383 e. The van der Waals surface area contributed by atoms with E-state index in [9.17, 15) is 4.79 Å². The molecule has 0 aliphatic heterocycles. The molecule has 0 aromatic heterocycles. The first kappa shape index (κ1) is 13.9. The summed E-state index contributed by atoms with van der Waals surface area (Å²) in [5.41, 5.74) is 0.821. The minimum atomic E-state index is -0.212. The van der Waals surface area contributed by atoms with Crippen molar-refractivity contribution in [3.8, 4) is 0 Å². The molecule has 1 aromatic carbocycles. The van der Waals surface area contributed by atoms with Crippen molar-refractivity contribution < 1.29 is 9.53 Å². The number of benzene rings is 1. The highest BCUT2D eigenvalue weighted by Crippen LogP contribution is 2.24. The second-order valence-electron chi connectivity index (χ2n) is 3.66. The van der Waals surface area contributed by atoms with Gasteiger partial charge < -0.3 is 15.4 Å². The number of hydrogen-bond donors (Lipinski definition) is 2. The van der Waals surface area contributed by atoms with Gasteiger partial charge in [0, 0.05) is 12.0 Å². The topological polar surface area (TPSA) is 50.4 Å². The summed E-state index contributed by atoms with van der Waals surface area (Å²) in [7, 11) is 1.61. The second-order valence-corrected chi connectivity index (χ2v) is 4.50. The van der Waals surface area contributed by atoms with Crippen LogP contribution in [0.3, 0.4) is 0 Å². The van der Waals surface area contributed by atoms with Crippen molar-refractivity contribution in [3.05, 3.63) is 24.3 Å². The van der Waals surface area contributed by atoms with Gasteiger partial charge in [-0.05, 0) is 25.3 Å². The predicted molar refractivity (Wildman–Crippen MR) is 71.7 cm³/mol. The van der Waals surface area contributed by atoms with Crippen molar-refractivity contribution in [2.75, 3.05) is 25.3 Å². The van der Waals surface area contributed by atoms with Crippen LogP contribution in [0, 0.1) is 0 Å². The summed E-state index contributed by atoms with van der Waals surface area (Å²) in [4.78, 5) is 12.7. The van der Waals surface area contributed by atoms with Crippen molar-refractivity contribution >= 4 is 23.5 Å². The number of para-hydroxylation sites is 1. The summed E-state index contributed by atoms with van der Waals surface area (Å²) in [6.45, 7) is 2.39. The molecule has 94 valence electrons. The van der Waals surface area contributed by atoms with Gasteiger partial charge in [-0.1, -0.05) is 12.1 Å². The van der Waals surface area contributed by atoms with E-state index in [0.717, 1.165) is 10.6 Å². The molecule has 1 rings (SSSR count). The van der Waals surface area contributed by atoms with Gasteiger partial charge in [0.1, 0.15) is 0 Å². The van der Waals surface area contributed by atoms with Crippen LogP contribution in [0.1, 0.15) is 6.92 Å². The highest BCUT2D eigenvalue weighted by atomic mass is 32.2. The second kappa shape index (κ2) is 7.19. The number of methoxy groups -OCH3 is 1.